The van der Waals surface area contributed by atoms with Crippen molar-refractivity contribution in [2.75, 3.05) is 0 Å². The normalized spacial score (nSPS) is 11.6. The van der Waals surface area contributed by atoms with E-state index in [0.717, 1.165) is 0 Å². The van der Waals surface area contributed by atoms with E-state index in [-0.39, 0.29) is 12.2 Å². The molecule has 166 valence electrons. The molecule has 0 aliphatic rings. The number of rotatable bonds is 7. The number of benzene rings is 3. The van der Waals surface area contributed by atoms with Gasteiger partial charge in [-0.25, -0.2) is 4.79 Å². The number of aliphatic carboxylic acids is 1. The molecule has 32 heavy (non-hydrogen) atoms. The van der Waals surface area contributed by atoms with Gasteiger partial charge < -0.3 is 20.3 Å². The number of carboxylic acid groups (broad SMARTS) is 1. The van der Waals surface area contributed by atoms with Gasteiger partial charge in [-0.05, 0) is 92.2 Å². The van der Waals surface area contributed by atoms with Crippen LogP contribution in [0.5, 0.6) is 17.2 Å². The Morgan fingerprint density at radius 1 is 1.00 bits per heavy atom. The number of phenolic OH excluding ortho intramolecular Hbond substituents is 1. The van der Waals surface area contributed by atoms with E-state index in [2.05, 4.69) is 37.2 Å². The first-order chi connectivity index (χ1) is 15.2. The zero-order valence-corrected chi connectivity index (χ0v) is 20.5. The number of aromatic hydroxyl groups is 1. The van der Waals surface area contributed by atoms with Crippen molar-refractivity contribution in [2.45, 2.75) is 26.3 Å². The molecular formula is C24H21Br2NO5. The molecule has 3 aromatic rings. The Balaban J connectivity index is 1.76. The lowest BCUT2D eigenvalue weighted by atomic mass is 10.1. The van der Waals surface area contributed by atoms with Crippen molar-refractivity contribution < 1.29 is 24.5 Å². The number of amides is 1. The summed E-state index contributed by atoms with van der Waals surface area (Å²) < 4.78 is 7.23. The maximum Gasteiger partial charge on any atom is 0.330 e. The van der Waals surface area contributed by atoms with Crippen LogP contribution in [0.25, 0.3) is 0 Å². The number of hydrogen-bond acceptors (Lipinski definition) is 4. The summed E-state index contributed by atoms with van der Waals surface area (Å²) in [6, 6.07) is 14.4. The molecule has 0 spiro atoms. The highest BCUT2D eigenvalue weighted by Crippen LogP contribution is 2.39. The van der Waals surface area contributed by atoms with Crippen LogP contribution in [0, 0.1) is 13.8 Å². The lowest BCUT2D eigenvalue weighted by Gasteiger charge is -2.16. The molecule has 1 atom stereocenters. The number of carboxylic acids is 1. The van der Waals surface area contributed by atoms with E-state index in [1.807, 2.05) is 0 Å². The average molecular weight is 563 g/mol. The fourth-order valence-corrected chi connectivity index (χ4v) is 4.68. The molecule has 0 heterocycles. The quantitative estimate of drug-likeness (QED) is 0.337. The van der Waals surface area contributed by atoms with Crippen LogP contribution in [0.4, 0.5) is 0 Å². The first-order valence-corrected chi connectivity index (χ1v) is 11.3. The highest BCUT2D eigenvalue weighted by atomic mass is 79.9. The van der Waals surface area contributed by atoms with Gasteiger partial charge in [0.1, 0.15) is 11.5 Å². The van der Waals surface area contributed by atoms with E-state index in [1.165, 1.54) is 0 Å². The van der Waals surface area contributed by atoms with Crippen molar-refractivity contribution in [3.63, 3.8) is 0 Å². The summed E-state index contributed by atoms with van der Waals surface area (Å²) in [5.41, 5.74) is 2.57. The second-order valence-electron chi connectivity index (χ2n) is 7.32. The van der Waals surface area contributed by atoms with E-state index in [9.17, 15) is 19.8 Å². The van der Waals surface area contributed by atoms with Crippen LogP contribution in [-0.4, -0.2) is 22.1 Å². The zero-order valence-electron chi connectivity index (χ0n) is 17.4. The first kappa shape index (κ1) is 23.8. The summed E-state index contributed by atoms with van der Waals surface area (Å²) in [5.74, 6) is -0.233. The van der Waals surface area contributed by atoms with Gasteiger partial charge in [0.2, 0.25) is 5.91 Å². The Bertz CT molecular complexity index is 1120. The third-order valence-corrected chi connectivity index (χ3v) is 5.97. The first-order valence-electron chi connectivity index (χ1n) is 9.68. The van der Waals surface area contributed by atoms with Crippen LogP contribution >= 0.6 is 31.9 Å². The molecule has 3 N–H and O–H groups in total. The number of carbonyl (C=O) groups excluding carboxylic acids is 1. The minimum absolute atomic E-state index is 0.00841. The van der Waals surface area contributed by atoms with E-state index in [0.29, 0.717) is 42.7 Å². The fourth-order valence-electron chi connectivity index (χ4n) is 3.24. The SMILES string of the molecule is Cc1cc(Oc2c(Br)cc(CC(=O)NC(C(=O)O)c3ccccc3)cc2Br)cc(C)c1O. The standard InChI is InChI=1S/C24H21Br2NO5/c1-13-8-17(9-14(2)22(13)29)32-23-18(25)10-15(11-19(23)26)12-20(28)27-21(24(30)31)16-6-4-3-5-7-16/h3-11,21,29H,12H2,1-2H3,(H,27,28)(H,30,31). The molecule has 0 aliphatic carbocycles. The number of halogens is 2. The van der Waals surface area contributed by atoms with Gasteiger partial charge in [-0.3, -0.25) is 4.79 Å². The van der Waals surface area contributed by atoms with E-state index in [1.54, 1.807) is 68.4 Å². The van der Waals surface area contributed by atoms with E-state index >= 15 is 0 Å². The average Bonchev–Trinajstić information content (AvgIpc) is 2.73. The van der Waals surface area contributed by atoms with Gasteiger partial charge in [-0.2, -0.15) is 0 Å². The smallest absolute Gasteiger partial charge is 0.330 e. The number of nitrogens with one attached hydrogen (secondary N) is 1. The van der Waals surface area contributed by atoms with Gasteiger partial charge in [0.05, 0.1) is 15.4 Å². The predicted octanol–water partition coefficient (Wildman–Crippen LogP) is 5.81. The van der Waals surface area contributed by atoms with Crippen molar-refractivity contribution in [2.24, 2.45) is 0 Å². The van der Waals surface area contributed by atoms with Crippen LogP contribution < -0.4 is 10.1 Å². The van der Waals surface area contributed by atoms with Crippen LogP contribution in [-0.2, 0) is 16.0 Å². The summed E-state index contributed by atoms with van der Waals surface area (Å²) in [5, 5.41) is 22.0. The number of aryl methyl sites for hydroxylation is 2. The molecule has 3 aromatic carbocycles. The van der Waals surface area contributed by atoms with Gasteiger partial charge in [0.15, 0.2) is 11.8 Å². The maximum absolute atomic E-state index is 12.5. The van der Waals surface area contributed by atoms with Crippen molar-refractivity contribution in [3.8, 4) is 17.2 Å². The molecule has 6 nitrogen and oxygen atoms in total. The molecule has 3 rings (SSSR count). The van der Waals surface area contributed by atoms with Crippen LogP contribution in [0.1, 0.15) is 28.3 Å². The molecule has 8 heteroatoms. The molecule has 0 saturated heterocycles. The van der Waals surface area contributed by atoms with Gasteiger partial charge in [-0.15, -0.1) is 0 Å². The van der Waals surface area contributed by atoms with E-state index < -0.39 is 17.9 Å². The van der Waals surface area contributed by atoms with Crippen LogP contribution in [0.2, 0.25) is 0 Å². The third kappa shape index (κ3) is 5.69. The Morgan fingerprint density at radius 3 is 2.09 bits per heavy atom. The second kappa shape index (κ2) is 10.2. The van der Waals surface area contributed by atoms with Crippen molar-refractivity contribution in [1.82, 2.24) is 5.32 Å². The molecular weight excluding hydrogens is 542 g/mol. The lowest BCUT2D eigenvalue weighted by Crippen LogP contribution is -2.34. The summed E-state index contributed by atoms with van der Waals surface area (Å²) in [7, 11) is 0. The van der Waals surface area contributed by atoms with E-state index in [4.69, 9.17) is 4.74 Å². The third-order valence-electron chi connectivity index (χ3n) is 4.79. The Labute approximate surface area is 202 Å². The van der Waals surface area contributed by atoms with Gasteiger partial charge in [-0.1, -0.05) is 30.3 Å². The summed E-state index contributed by atoms with van der Waals surface area (Å²) >= 11 is 6.95. The molecule has 0 radical (unpaired) electrons. The van der Waals surface area contributed by atoms with Gasteiger partial charge in [0, 0.05) is 0 Å². The summed E-state index contributed by atoms with van der Waals surface area (Å²) in [6.45, 7) is 3.58. The minimum Gasteiger partial charge on any atom is -0.507 e. The summed E-state index contributed by atoms with van der Waals surface area (Å²) in [6.07, 6.45) is -0.00841. The molecule has 0 saturated carbocycles. The Kier molecular flexibility index (Phi) is 7.58. The number of phenols is 1. The summed E-state index contributed by atoms with van der Waals surface area (Å²) in [4.78, 5) is 24.2. The van der Waals surface area contributed by atoms with Gasteiger partial charge >= 0.3 is 5.97 Å². The topological polar surface area (TPSA) is 95.9 Å². The predicted molar refractivity (Wildman–Crippen MR) is 128 cm³/mol. The highest BCUT2D eigenvalue weighted by molar-refractivity contribution is 9.11. The largest absolute Gasteiger partial charge is 0.507 e. The van der Waals surface area contributed by atoms with Crippen LogP contribution in [0.15, 0.2) is 63.5 Å². The Hall–Kier alpha value is -2.84. The molecule has 1 amide bonds. The fraction of sp³-hybridized carbons (Fsp3) is 0.167. The molecule has 1 unspecified atom stereocenters. The number of hydrogen-bond donors (Lipinski definition) is 3. The number of ether oxygens (including phenoxy) is 1. The van der Waals surface area contributed by atoms with Crippen molar-refractivity contribution >= 4 is 43.7 Å². The maximum atomic E-state index is 12.5. The molecule has 0 aliphatic heterocycles. The van der Waals surface area contributed by atoms with Crippen molar-refractivity contribution in [1.29, 1.82) is 0 Å². The minimum atomic E-state index is -1.13. The second-order valence-corrected chi connectivity index (χ2v) is 9.03. The monoisotopic (exact) mass is 561 g/mol. The van der Waals surface area contributed by atoms with Gasteiger partial charge in [0.25, 0.3) is 0 Å². The highest BCUT2D eigenvalue weighted by Gasteiger charge is 2.22. The lowest BCUT2D eigenvalue weighted by molar-refractivity contribution is -0.141. The van der Waals surface area contributed by atoms with Crippen molar-refractivity contribution in [3.05, 3.63) is 85.8 Å². The van der Waals surface area contributed by atoms with Crippen LogP contribution in [0.3, 0.4) is 0 Å². The zero-order chi connectivity index (χ0) is 23.4. The number of carbonyl (C=O) groups is 2. The molecule has 0 aromatic heterocycles. The Morgan fingerprint density at radius 2 is 1.56 bits per heavy atom. The molecule has 0 fully saturated rings. The molecule has 0 bridgehead atoms.